The molecule has 0 bridgehead atoms. The average Bonchev–Trinajstić information content (AvgIpc) is 3.72. The van der Waals surface area contributed by atoms with Crippen LogP contribution >= 0.6 is 0 Å². The summed E-state index contributed by atoms with van der Waals surface area (Å²) in [6.07, 6.45) is 4.81. The van der Waals surface area contributed by atoms with Crippen LogP contribution < -0.4 is 20.9 Å². The highest BCUT2D eigenvalue weighted by atomic mass is 16.6. The van der Waals surface area contributed by atoms with Gasteiger partial charge in [-0.2, -0.15) is 4.98 Å². The first-order valence-corrected chi connectivity index (χ1v) is 14.3. The minimum atomic E-state index is -1.08. The van der Waals surface area contributed by atoms with Gasteiger partial charge < -0.3 is 29.8 Å². The van der Waals surface area contributed by atoms with E-state index in [9.17, 15) is 9.90 Å². The number of allylic oxidation sites excluding steroid dienone is 3. The normalized spacial score (nSPS) is 19.2. The molecule has 0 radical (unpaired) electrons. The molecule has 224 valence electrons. The van der Waals surface area contributed by atoms with E-state index in [-0.39, 0.29) is 18.8 Å². The van der Waals surface area contributed by atoms with Crippen LogP contribution in [-0.4, -0.2) is 47.7 Å². The Kier molecular flexibility index (Phi) is 8.19. The molecular weight excluding hydrogens is 558 g/mol. The number of hydrogen-bond acceptors (Lipinski definition) is 8. The van der Waals surface area contributed by atoms with E-state index in [4.69, 9.17) is 24.7 Å². The third kappa shape index (κ3) is 5.45. The van der Waals surface area contributed by atoms with Crippen LogP contribution in [-0.2, 0) is 15.1 Å². The average molecular weight is 592 g/mol. The second kappa shape index (κ2) is 12.4. The van der Waals surface area contributed by atoms with E-state index in [0.717, 1.165) is 16.7 Å². The number of rotatable bonds is 10. The van der Waals surface area contributed by atoms with Gasteiger partial charge in [-0.3, -0.25) is 4.57 Å². The number of ether oxygens (including phenoxy) is 4. The molecule has 3 atom stereocenters. The van der Waals surface area contributed by atoms with Gasteiger partial charge in [0.1, 0.15) is 35.2 Å². The van der Waals surface area contributed by atoms with Crippen molar-refractivity contribution in [3.8, 4) is 11.5 Å². The maximum atomic E-state index is 12.9. The SMILES string of the molecule is COc1ccc(C(OC[C@H]2O[C@@H](n3cc(C4=C=CC=C4)c(N)nc3=O)C[C@@H]2O)(c2ccccc2)c2ccc(OC)cc2)cc1. The van der Waals surface area contributed by atoms with Crippen molar-refractivity contribution in [3.63, 3.8) is 0 Å². The summed E-state index contributed by atoms with van der Waals surface area (Å²) in [6.45, 7) is 0.0191. The standard InChI is InChI=1S/C35H33N3O6/c1-41-27-16-12-25(13-17-27)35(24-10-4-3-5-11-24,26-14-18-28(42-2)19-15-26)43-22-31-30(39)20-32(44-31)38-21-29(23-8-6-7-9-23)33(36)37-34(38)40/h3-8,10-19,21,30-32,39H,20,22H2,1-2H3,(H2,36,37,40)/t30-,31+,32+/m0/s1. The van der Waals surface area contributed by atoms with Gasteiger partial charge in [-0.25, -0.2) is 4.79 Å². The van der Waals surface area contributed by atoms with Crippen LogP contribution in [0.3, 0.4) is 0 Å². The minimum Gasteiger partial charge on any atom is -0.497 e. The summed E-state index contributed by atoms with van der Waals surface area (Å²) in [6, 6.07) is 25.3. The van der Waals surface area contributed by atoms with Crippen LogP contribution in [0.25, 0.3) is 5.57 Å². The van der Waals surface area contributed by atoms with Gasteiger partial charge in [-0.1, -0.05) is 60.7 Å². The number of anilines is 1. The number of hydrogen-bond donors (Lipinski definition) is 2. The van der Waals surface area contributed by atoms with Gasteiger partial charge in [0.05, 0.1) is 26.9 Å². The topological polar surface area (TPSA) is 118 Å². The molecular formula is C35H33N3O6. The van der Waals surface area contributed by atoms with Crippen molar-refractivity contribution in [2.24, 2.45) is 0 Å². The van der Waals surface area contributed by atoms with E-state index < -0.39 is 29.7 Å². The van der Waals surface area contributed by atoms with Crippen LogP contribution in [0.4, 0.5) is 5.82 Å². The van der Waals surface area contributed by atoms with E-state index in [1.165, 1.54) is 4.57 Å². The molecule has 44 heavy (non-hydrogen) atoms. The molecule has 2 aliphatic rings. The molecule has 3 N–H and O–H groups in total. The molecule has 9 heteroatoms. The highest BCUT2D eigenvalue weighted by Gasteiger charge is 2.42. The number of aliphatic hydroxyl groups is 1. The Bertz CT molecular complexity index is 1730. The van der Waals surface area contributed by atoms with Gasteiger partial charge in [-0.15, -0.1) is 5.73 Å². The monoisotopic (exact) mass is 591 g/mol. The van der Waals surface area contributed by atoms with Crippen LogP contribution in [0.2, 0.25) is 0 Å². The summed E-state index contributed by atoms with van der Waals surface area (Å²) >= 11 is 0. The Morgan fingerprint density at radius 1 is 0.977 bits per heavy atom. The molecule has 1 saturated heterocycles. The lowest BCUT2D eigenvalue weighted by Gasteiger charge is -2.37. The Balaban J connectivity index is 1.36. The van der Waals surface area contributed by atoms with Gasteiger partial charge in [0.15, 0.2) is 0 Å². The fourth-order valence-corrected chi connectivity index (χ4v) is 5.71. The molecule has 0 spiro atoms. The fraction of sp³-hybridized carbons (Fsp3) is 0.229. The first-order valence-electron chi connectivity index (χ1n) is 14.3. The lowest BCUT2D eigenvalue weighted by atomic mass is 9.80. The summed E-state index contributed by atoms with van der Waals surface area (Å²) in [5, 5.41) is 11.2. The van der Waals surface area contributed by atoms with Gasteiger partial charge in [0.2, 0.25) is 0 Å². The Labute approximate surface area is 255 Å². The first kappa shape index (κ1) is 29.2. The van der Waals surface area contributed by atoms with Crippen LogP contribution in [0.15, 0.2) is 114 Å². The molecule has 1 aliphatic heterocycles. The maximum absolute atomic E-state index is 12.9. The zero-order chi connectivity index (χ0) is 30.7. The van der Waals surface area contributed by atoms with Crippen molar-refractivity contribution in [2.75, 3.05) is 26.6 Å². The Morgan fingerprint density at radius 3 is 2.16 bits per heavy atom. The number of nitrogens with two attached hydrogens (primary N) is 1. The van der Waals surface area contributed by atoms with Crippen molar-refractivity contribution in [1.82, 2.24) is 9.55 Å². The van der Waals surface area contributed by atoms with Crippen LogP contribution in [0.1, 0.15) is 34.9 Å². The second-order valence-electron chi connectivity index (χ2n) is 10.6. The number of methoxy groups -OCH3 is 2. The quantitative estimate of drug-likeness (QED) is 0.203. The summed E-state index contributed by atoms with van der Waals surface area (Å²) in [5.41, 5.74) is 11.4. The van der Waals surface area contributed by atoms with Crippen molar-refractivity contribution in [2.45, 2.75) is 30.5 Å². The smallest absolute Gasteiger partial charge is 0.351 e. The summed E-state index contributed by atoms with van der Waals surface area (Å²) in [5.74, 6) is 1.53. The van der Waals surface area contributed by atoms with E-state index in [1.807, 2.05) is 91.0 Å². The summed E-state index contributed by atoms with van der Waals surface area (Å²) in [7, 11) is 3.25. The molecule has 4 aromatic rings. The highest BCUT2D eigenvalue weighted by Crippen LogP contribution is 2.42. The Hall–Kier alpha value is -4.92. The van der Waals surface area contributed by atoms with E-state index in [0.29, 0.717) is 22.6 Å². The molecule has 1 fully saturated rings. The lowest BCUT2D eigenvalue weighted by molar-refractivity contribution is -0.0944. The van der Waals surface area contributed by atoms with Gasteiger partial charge in [-0.05, 0) is 53.1 Å². The van der Waals surface area contributed by atoms with Gasteiger partial charge in [0.25, 0.3) is 0 Å². The molecule has 3 aromatic carbocycles. The van der Waals surface area contributed by atoms with Gasteiger partial charge >= 0.3 is 5.69 Å². The summed E-state index contributed by atoms with van der Waals surface area (Å²) in [4.78, 5) is 16.9. The minimum absolute atomic E-state index is 0.0191. The largest absolute Gasteiger partial charge is 0.497 e. The summed E-state index contributed by atoms with van der Waals surface area (Å²) < 4.78 is 25.4. The van der Waals surface area contributed by atoms with E-state index >= 15 is 0 Å². The van der Waals surface area contributed by atoms with Crippen LogP contribution in [0.5, 0.6) is 11.5 Å². The third-order valence-electron chi connectivity index (χ3n) is 8.02. The number of aliphatic hydroxyl groups excluding tert-OH is 1. The maximum Gasteiger partial charge on any atom is 0.351 e. The number of nitrogens with zero attached hydrogens (tertiary/aromatic N) is 2. The zero-order valence-corrected chi connectivity index (χ0v) is 24.4. The Morgan fingerprint density at radius 2 is 1.59 bits per heavy atom. The molecule has 0 amide bonds. The van der Waals surface area contributed by atoms with Crippen molar-refractivity contribution < 1.29 is 24.1 Å². The van der Waals surface area contributed by atoms with Crippen molar-refractivity contribution in [1.29, 1.82) is 0 Å². The second-order valence-corrected chi connectivity index (χ2v) is 10.6. The number of nitrogen functional groups attached to an aromatic ring is 1. The van der Waals surface area contributed by atoms with Crippen molar-refractivity contribution >= 4 is 11.4 Å². The fourth-order valence-electron chi connectivity index (χ4n) is 5.71. The molecule has 1 aromatic heterocycles. The molecule has 0 unspecified atom stereocenters. The molecule has 2 heterocycles. The van der Waals surface area contributed by atoms with E-state index in [2.05, 4.69) is 10.7 Å². The molecule has 1 aliphatic carbocycles. The highest BCUT2D eigenvalue weighted by molar-refractivity contribution is 5.80. The predicted octanol–water partition coefficient (Wildman–Crippen LogP) is 4.61. The lowest BCUT2D eigenvalue weighted by Crippen LogP contribution is -2.38. The predicted molar refractivity (Wildman–Crippen MR) is 166 cm³/mol. The first-order chi connectivity index (χ1) is 21.4. The van der Waals surface area contributed by atoms with Crippen LogP contribution in [0, 0.1) is 0 Å². The van der Waals surface area contributed by atoms with Crippen molar-refractivity contribution in [3.05, 3.63) is 142 Å². The van der Waals surface area contributed by atoms with Gasteiger partial charge in [0, 0.05) is 23.8 Å². The molecule has 0 saturated carbocycles. The zero-order valence-electron chi connectivity index (χ0n) is 24.4. The number of aromatic nitrogens is 2. The molecule has 6 rings (SSSR count). The third-order valence-corrected chi connectivity index (χ3v) is 8.02. The number of benzene rings is 3. The molecule has 9 nitrogen and oxygen atoms in total. The van der Waals surface area contributed by atoms with E-state index in [1.54, 1.807) is 26.5 Å².